The van der Waals surface area contributed by atoms with Crippen LogP contribution in [0.25, 0.3) is 0 Å². The summed E-state index contributed by atoms with van der Waals surface area (Å²) in [5, 5.41) is 4.02. The highest BCUT2D eigenvalue weighted by Crippen LogP contribution is 2.18. The van der Waals surface area contributed by atoms with Crippen LogP contribution in [0.2, 0.25) is 0 Å². The van der Waals surface area contributed by atoms with E-state index in [9.17, 15) is 0 Å². The molecule has 2 rings (SSSR count). The lowest BCUT2D eigenvalue weighted by Crippen LogP contribution is -2.01. The van der Waals surface area contributed by atoms with Crippen molar-refractivity contribution < 1.29 is 9.47 Å². The fraction of sp³-hybridized carbons (Fsp3) is 0.385. The smallest absolute Gasteiger partial charge is 0.207 e. The third kappa shape index (κ3) is 4.59. The van der Waals surface area contributed by atoms with Gasteiger partial charge in [0.1, 0.15) is 5.82 Å². The first kappa shape index (κ1) is 13.9. The fourth-order valence-corrected chi connectivity index (χ4v) is 2.08. The van der Waals surface area contributed by atoms with Gasteiger partial charge in [-0.3, -0.25) is 0 Å². The second-order valence-corrected chi connectivity index (χ2v) is 4.77. The average molecular weight is 279 g/mol. The molecule has 6 heteroatoms. The predicted octanol–water partition coefficient (Wildman–Crippen LogP) is 2.75. The number of aromatic nitrogens is 2. The second-order valence-electron chi connectivity index (χ2n) is 4.01. The number of ether oxygens (including phenoxy) is 2. The minimum atomic E-state index is 0.599. The molecule has 0 aliphatic heterocycles. The van der Waals surface area contributed by atoms with Gasteiger partial charge in [0.15, 0.2) is 0 Å². The van der Waals surface area contributed by atoms with Gasteiger partial charge in [0.25, 0.3) is 0 Å². The van der Waals surface area contributed by atoms with Gasteiger partial charge in [-0.15, -0.1) is 0 Å². The SMILES string of the molecule is COCCOCc1ccc(Nc2nc(C)ns2)cc1. The summed E-state index contributed by atoms with van der Waals surface area (Å²) >= 11 is 1.36. The molecule has 0 fully saturated rings. The number of hydrogen-bond acceptors (Lipinski definition) is 6. The molecule has 2 aromatic rings. The Morgan fingerprint density at radius 2 is 2.00 bits per heavy atom. The maximum absolute atomic E-state index is 5.46. The van der Waals surface area contributed by atoms with Crippen LogP contribution in [-0.2, 0) is 16.1 Å². The van der Waals surface area contributed by atoms with Crippen LogP contribution < -0.4 is 5.32 Å². The molecule has 1 aromatic carbocycles. The Hall–Kier alpha value is -1.50. The number of benzene rings is 1. The van der Waals surface area contributed by atoms with Crippen molar-refractivity contribution in [3.63, 3.8) is 0 Å². The van der Waals surface area contributed by atoms with Crippen molar-refractivity contribution in [2.45, 2.75) is 13.5 Å². The van der Waals surface area contributed by atoms with Crippen molar-refractivity contribution in [1.82, 2.24) is 9.36 Å². The Labute approximate surface area is 116 Å². The number of nitrogens with one attached hydrogen (secondary N) is 1. The summed E-state index contributed by atoms with van der Waals surface area (Å²) in [4.78, 5) is 4.26. The molecule has 0 unspecified atom stereocenters. The zero-order valence-electron chi connectivity index (χ0n) is 11.0. The minimum absolute atomic E-state index is 0.599. The van der Waals surface area contributed by atoms with Gasteiger partial charge < -0.3 is 14.8 Å². The molecule has 0 saturated heterocycles. The Morgan fingerprint density at radius 1 is 1.21 bits per heavy atom. The molecule has 0 saturated carbocycles. The Balaban J connectivity index is 1.84. The first-order valence-electron chi connectivity index (χ1n) is 6.01. The maximum atomic E-state index is 5.46. The molecule has 0 radical (unpaired) electrons. The number of hydrogen-bond donors (Lipinski definition) is 1. The summed E-state index contributed by atoms with van der Waals surface area (Å²) in [5.74, 6) is 0.788. The highest BCUT2D eigenvalue weighted by atomic mass is 32.1. The van der Waals surface area contributed by atoms with Crippen molar-refractivity contribution in [2.75, 3.05) is 25.6 Å². The number of rotatable bonds is 7. The lowest BCUT2D eigenvalue weighted by atomic mass is 10.2. The molecular weight excluding hydrogens is 262 g/mol. The average Bonchev–Trinajstić information content (AvgIpc) is 2.82. The van der Waals surface area contributed by atoms with Crippen molar-refractivity contribution >= 4 is 22.4 Å². The van der Waals surface area contributed by atoms with Crippen molar-refractivity contribution in [3.8, 4) is 0 Å². The summed E-state index contributed by atoms with van der Waals surface area (Å²) in [6, 6.07) is 8.07. The van der Waals surface area contributed by atoms with E-state index in [4.69, 9.17) is 9.47 Å². The largest absolute Gasteiger partial charge is 0.382 e. The van der Waals surface area contributed by atoms with E-state index >= 15 is 0 Å². The number of nitrogens with zero attached hydrogens (tertiary/aromatic N) is 2. The standard InChI is InChI=1S/C13H17N3O2S/c1-10-14-13(19-16-10)15-12-5-3-11(4-6-12)9-18-8-7-17-2/h3-6H,7-9H2,1-2H3,(H,14,15,16). The number of anilines is 2. The quantitative estimate of drug-likeness (QED) is 0.790. The zero-order valence-corrected chi connectivity index (χ0v) is 11.9. The van der Waals surface area contributed by atoms with Gasteiger partial charge in [0.05, 0.1) is 19.8 Å². The van der Waals surface area contributed by atoms with Crippen LogP contribution in [-0.4, -0.2) is 29.7 Å². The van der Waals surface area contributed by atoms with Gasteiger partial charge in [0, 0.05) is 24.3 Å². The van der Waals surface area contributed by atoms with Crippen LogP contribution in [0, 0.1) is 6.92 Å². The Kier molecular flexibility index (Phi) is 5.26. The van der Waals surface area contributed by atoms with E-state index in [0.29, 0.717) is 19.8 Å². The Morgan fingerprint density at radius 3 is 2.63 bits per heavy atom. The fourth-order valence-electron chi connectivity index (χ4n) is 1.49. The third-order valence-corrected chi connectivity index (χ3v) is 3.16. The van der Waals surface area contributed by atoms with Gasteiger partial charge in [-0.05, 0) is 24.6 Å². The summed E-state index contributed by atoms with van der Waals surface area (Å²) < 4.78 is 14.5. The summed E-state index contributed by atoms with van der Waals surface area (Å²) in [6.07, 6.45) is 0. The van der Waals surface area contributed by atoms with Crippen molar-refractivity contribution in [2.24, 2.45) is 0 Å². The highest BCUT2D eigenvalue weighted by Gasteiger charge is 2.00. The van der Waals surface area contributed by atoms with Crippen LogP contribution in [0.1, 0.15) is 11.4 Å². The van der Waals surface area contributed by atoms with Crippen LogP contribution in [0.5, 0.6) is 0 Å². The molecule has 0 amide bonds. The van der Waals surface area contributed by atoms with Crippen LogP contribution >= 0.6 is 11.5 Å². The number of aryl methyl sites for hydroxylation is 1. The van der Waals surface area contributed by atoms with E-state index in [-0.39, 0.29) is 0 Å². The molecule has 5 nitrogen and oxygen atoms in total. The maximum Gasteiger partial charge on any atom is 0.207 e. The van der Waals surface area contributed by atoms with Crippen molar-refractivity contribution in [3.05, 3.63) is 35.7 Å². The Bertz CT molecular complexity index is 499. The van der Waals surface area contributed by atoms with E-state index in [1.807, 2.05) is 31.2 Å². The first-order valence-corrected chi connectivity index (χ1v) is 6.78. The lowest BCUT2D eigenvalue weighted by Gasteiger charge is -2.05. The van der Waals surface area contributed by atoms with Crippen LogP contribution in [0.15, 0.2) is 24.3 Å². The van der Waals surface area contributed by atoms with E-state index in [1.165, 1.54) is 11.5 Å². The minimum Gasteiger partial charge on any atom is -0.382 e. The van der Waals surface area contributed by atoms with E-state index in [1.54, 1.807) is 7.11 Å². The molecule has 1 aromatic heterocycles. The summed E-state index contributed by atoms with van der Waals surface area (Å²) in [6.45, 7) is 3.71. The topological polar surface area (TPSA) is 56.3 Å². The van der Waals surface area contributed by atoms with Gasteiger partial charge >= 0.3 is 0 Å². The summed E-state index contributed by atoms with van der Waals surface area (Å²) in [7, 11) is 1.67. The van der Waals surface area contributed by atoms with E-state index < -0.39 is 0 Å². The first-order chi connectivity index (χ1) is 9.28. The number of methoxy groups -OCH3 is 1. The third-order valence-electron chi connectivity index (χ3n) is 2.43. The monoisotopic (exact) mass is 279 g/mol. The molecule has 0 spiro atoms. The molecule has 0 atom stereocenters. The molecule has 0 bridgehead atoms. The highest BCUT2D eigenvalue weighted by molar-refractivity contribution is 7.09. The van der Waals surface area contributed by atoms with Gasteiger partial charge in [-0.25, -0.2) is 4.98 Å². The predicted molar refractivity (Wildman–Crippen MR) is 75.9 cm³/mol. The zero-order chi connectivity index (χ0) is 13.5. The molecule has 0 aliphatic rings. The molecule has 0 aliphatic carbocycles. The van der Waals surface area contributed by atoms with Crippen LogP contribution in [0.3, 0.4) is 0 Å². The van der Waals surface area contributed by atoms with Gasteiger partial charge in [-0.1, -0.05) is 12.1 Å². The lowest BCUT2D eigenvalue weighted by molar-refractivity contribution is 0.0617. The van der Waals surface area contributed by atoms with Gasteiger partial charge in [0.2, 0.25) is 5.13 Å². The van der Waals surface area contributed by atoms with Gasteiger partial charge in [-0.2, -0.15) is 4.37 Å². The molecule has 102 valence electrons. The second kappa shape index (κ2) is 7.18. The molecule has 1 heterocycles. The van der Waals surface area contributed by atoms with Crippen LogP contribution in [0.4, 0.5) is 10.8 Å². The normalized spacial score (nSPS) is 10.6. The van der Waals surface area contributed by atoms with E-state index in [0.717, 1.165) is 22.2 Å². The molecule has 1 N–H and O–H groups in total. The van der Waals surface area contributed by atoms with E-state index in [2.05, 4.69) is 14.7 Å². The van der Waals surface area contributed by atoms with Crippen molar-refractivity contribution in [1.29, 1.82) is 0 Å². The summed E-state index contributed by atoms with van der Waals surface area (Å²) in [5.41, 5.74) is 2.13. The molecular formula is C13H17N3O2S. The molecule has 19 heavy (non-hydrogen) atoms.